The van der Waals surface area contributed by atoms with Gasteiger partial charge in [-0.1, -0.05) is 11.6 Å². The molecule has 15 heavy (non-hydrogen) atoms. The predicted octanol–water partition coefficient (Wildman–Crippen LogP) is 2.29. The minimum atomic E-state index is -0.514. The smallest absolute Gasteiger partial charge is 0.144 e. The molecular formula is C11H15ClO3. The number of methoxy groups -OCH3 is 1. The summed E-state index contributed by atoms with van der Waals surface area (Å²) >= 11 is 5.97. The predicted molar refractivity (Wildman–Crippen MR) is 59.8 cm³/mol. The molecule has 0 bridgehead atoms. The van der Waals surface area contributed by atoms with Gasteiger partial charge >= 0.3 is 0 Å². The van der Waals surface area contributed by atoms with Crippen molar-refractivity contribution < 1.29 is 14.9 Å². The summed E-state index contributed by atoms with van der Waals surface area (Å²) in [5.41, 5.74) is 1.23. The molecule has 4 heteroatoms. The molecule has 84 valence electrons. The molecule has 0 fully saturated rings. The van der Waals surface area contributed by atoms with Crippen LogP contribution < -0.4 is 4.74 Å². The van der Waals surface area contributed by atoms with E-state index in [9.17, 15) is 10.2 Å². The molecule has 0 spiro atoms. The van der Waals surface area contributed by atoms with Crippen LogP contribution in [0, 0.1) is 6.92 Å². The van der Waals surface area contributed by atoms with E-state index in [4.69, 9.17) is 16.3 Å². The fourth-order valence-corrected chi connectivity index (χ4v) is 1.89. The van der Waals surface area contributed by atoms with Gasteiger partial charge in [0.1, 0.15) is 11.5 Å². The number of aliphatic hydroxyl groups excluding tert-OH is 1. The zero-order chi connectivity index (χ0) is 11.6. The second-order valence-electron chi connectivity index (χ2n) is 3.58. The Balaban J connectivity index is 3.21. The van der Waals surface area contributed by atoms with Crippen LogP contribution in [0.15, 0.2) is 6.07 Å². The summed E-state index contributed by atoms with van der Waals surface area (Å²) in [4.78, 5) is 0. The molecule has 0 saturated heterocycles. The Bertz CT molecular complexity index is 361. The molecule has 0 aliphatic heterocycles. The molecule has 1 aromatic carbocycles. The second-order valence-corrected chi connectivity index (χ2v) is 3.98. The zero-order valence-electron chi connectivity index (χ0n) is 9.04. The lowest BCUT2D eigenvalue weighted by atomic mass is 10.0. The highest BCUT2D eigenvalue weighted by Gasteiger charge is 2.15. The number of phenolic OH excluding ortho intramolecular Hbond substituents is 1. The first-order chi connectivity index (χ1) is 6.97. The van der Waals surface area contributed by atoms with Gasteiger partial charge in [-0.3, -0.25) is 0 Å². The Labute approximate surface area is 94.3 Å². The number of aliphatic hydroxyl groups is 1. The maximum atomic E-state index is 9.83. The van der Waals surface area contributed by atoms with Crippen molar-refractivity contribution in [3.63, 3.8) is 0 Å². The maximum Gasteiger partial charge on any atom is 0.144 e. The van der Waals surface area contributed by atoms with Crippen LogP contribution in [0.2, 0.25) is 5.02 Å². The highest BCUT2D eigenvalue weighted by molar-refractivity contribution is 6.32. The topological polar surface area (TPSA) is 49.7 Å². The Hall–Kier alpha value is -0.930. The van der Waals surface area contributed by atoms with E-state index in [1.165, 1.54) is 7.11 Å². The summed E-state index contributed by atoms with van der Waals surface area (Å²) in [5, 5.41) is 19.5. The largest absolute Gasteiger partial charge is 0.507 e. The monoisotopic (exact) mass is 230 g/mol. The number of halogens is 1. The lowest BCUT2D eigenvalue weighted by Gasteiger charge is -2.14. The van der Waals surface area contributed by atoms with Crippen LogP contribution in [0.4, 0.5) is 0 Å². The molecule has 0 heterocycles. The van der Waals surface area contributed by atoms with Gasteiger partial charge in [-0.2, -0.15) is 0 Å². The van der Waals surface area contributed by atoms with Gasteiger partial charge in [0.25, 0.3) is 0 Å². The third kappa shape index (κ3) is 2.55. The molecule has 0 aliphatic rings. The number of hydrogen-bond donors (Lipinski definition) is 2. The zero-order valence-corrected chi connectivity index (χ0v) is 9.80. The van der Waals surface area contributed by atoms with Crippen molar-refractivity contribution in [2.75, 3.05) is 7.11 Å². The van der Waals surface area contributed by atoms with Gasteiger partial charge < -0.3 is 14.9 Å². The first-order valence-corrected chi connectivity index (χ1v) is 5.08. The van der Waals surface area contributed by atoms with Gasteiger partial charge in [-0.05, 0) is 25.5 Å². The lowest BCUT2D eigenvalue weighted by molar-refractivity contribution is 0.194. The Morgan fingerprint density at radius 2 is 2.13 bits per heavy atom. The number of aromatic hydroxyl groups is 1. The molecule has 0 aliphatic carbocycles. The van der Waals surface area contributed by atoms with Gasteiger partial charge in [0, 0.05) is 12.0 Å². The van der Waals surface area contributed by atoms with Gasteiger partial charge in [0.15, 0.2) is 0 Å². The number of rotatable bonds is 3. The molecule has 1 atom stereocenters. The van der Waals surface area contributed by atoms with E-state index in [0.29, 0.717) is 28.3 Å². The minimum Gasteiger partial charge on any atom is -0.507 e. The molecule has 1 unspecified atom stereocenters. The molecule has 1 rings (SSSR count). The fourth-order valence-electron chi connectivity index (χ4n) is 1.54. The van der Waals surface area contributed by atoms with Crippen molar-refractivity contribution >= 4 is 11.6 Å². The average Bonchev–Trinajstić information content (AvgIpc) is 2.14. The molecule has 0 amide bonds. The van der Waals surface area contributed by atoms with Crippen molar-refractivity contribution in [2.24, 2.45) is 0 Å². The highest BCUT2D eigenvalue weighted by atomic mass is 35.5. The molecule has 0 radical (unpaired) electrons. The molecule has 0 saturated carbocycles. The van der Waals surface area contributed by atoms with E-state index in [0.717, 1.165) is 0 Å². The summed E-state index contributed by atoms with van der Waals surface area (Å²) in [6.07, 6.45) is -0.143. The molecular weight excluding hydrogens is 216 g/mol. The summed E-state index contributed by atoms with van der Waals surface area (Å²) in [6.45, 7) is 3.39. The first-order valence-electron chi connectivity index (χ1n) is 4.70. The Kier molecular flexibility index (Phi) is 3.83. The maximum absolute atomic E-state index is 9.83. The van der Waals surface area contributed by atoms with E-state index >= 15 is 0 Å². The standard InChI is InChI=1S/C11H15ClO3/c1-6(13)4-8-5-9(12)11(15-3)7(2)10(8)14/h5-6,13-14H,4H2,1-3H3. The molecule has 3 nitrogen and oxygen atoms in total. The number of benzene rings is 1. The average molecular weight is 231 g/mol. The number of ether oxygens (including phenoxy) is 1. The molecule has 1 aromatic rings. The summed E-state index contributed by atoms with van der Waals surface area (Å²) < 4.78 is 5.06. The highest BCUT2D eigenvalue weighted by Crippen LogP contribution is 2.37. The van der Waals surface area contributed by atoms with E-state index in [1.54, 1.807) is 19.9 Å². The molecule has 2 N–H and O–H groups in total. The quantitative estimate of drug-likeness (QED) is 0.838. The number of hydrogen-bond acceptors (Lipinski definition) is 3. The number of phenols is 1. The SMILES string of the molecule is COc1c(Cl)cc(CC(C)O)c(O)c1C. The summed E-state index contributed by atoms with van der Waals surface area (Å²) in [7, 11) is 1.50. The molecule has 0 aromatic heterocycles. The Morgan fingerprint density at radius 3 is 2.60 bits per heavy atom. The van der Waals surface area contributed by atoms with Gasteiger partial charge in [-0.25, -0.2) is 0 Å². The fraction of sp³-hybridized carbons (Fsp3) is 0.455. The summed E-state index contributed by atoms with van der Waals surface area (Å²) in [5.74, 6) is 0.612. The van der Waals surface area contributed by atoms with Crippen LogP contribution in [0.25, 0.3) is 0 Å². The minimum absolute atomic E-state index is 0.136. The van der Waals surface area contributed by atoms with E-state index in [2.05, 4.69) is 0 Å². The van der Waals surface area contributed by atoms with Crippen LogP contribution in [-0.2, 0) is 6.42 Å². The van der Waals surface area contributed by atoms with Crippen LogP contribution in [0.5, 0.6) is 11.5 Å². The van der Waals surface area contributed by atoms with Gasteiger partial charge in [-0.15, -0.1) is 0 Å². The van der Waals surface area contributed by atoms with Crippen LogP contribution in [0.3, 0.4) is 0 Å². The van der Waals surface area contributed by atoms with E-state index in [1.807, 2.05) is 0 Å². The van der Waals surface area contributed by atoms with Crippen LogP contribution in [-0.4, -0.2) is 23.4 Å². The third-order valence-corrected chi connectivity index (χ3v) is 2.52. The van der Waals surface area contributed by atoms with Crippen molar-refractivity contribution in [1.82, 2.24) is 0 Å². The van der Waals surface area contributed by atoms with Crippen molar-refractivity contribution in [3.05, 3.63) is 22.2 Å². The Morgan fingerprint density at radius 1 is 1.53 bits per heavy atom. The third-order valence-electron chi connectivity index (χ3n) is 2.24. The van der Waals surface area contributed by atoms with Crippen molar-refractivity contribution in [2.45, 2.75) is 26.4 Å². The van der Waals surface area contributed by atoms with E-state index in [-0.39, 0.29) is 5.75 Å². The van der Waals surface area contributed by atoms with Crippen LogP contribution >= 0.6 is 11.6 Å². The first kappa shape index (κ1) is 12.1. The van der Waals surface area contributed by atoms with Gasteiger partial charge in [0.05, 0.1) is 18.2 Å². The van der Waals surface area contributed by atoms with Gasteiger partial charge in [0.2, 0.25) is 0 Å². The second kappa shape index (κ2) is 4.73. The lowest BCUT2D eigenvalue weighted by Crippen LogP contribution is -2.05. The normalized spacial score (nSPS) is 12.6. The van der Waals surface area contributed by atoms with Crippen molar-refractivity contribution in [3.8, 4) is 11.5 Å². The van der Waals surface area contributed by atoms with Crippen molar-refractivity contribution in [1.29, 1.82) is 0 Å². The summed E-state index contributed by atoms with van der Waals surface area (Å²) in [6, 6.07) is 1.62. The van der Waals surface area contributed by atoms with Crippen LogP contribution in [0.1, 0.15) is 18.1 Å². The van der Waals surface area contributed by atoms with E-state index < -0.39 is 6.10 Å².